The molecule has 0 bridgehead atoms. The van der Waals surface area contributed by atoms with Gasteiger partial charge in [0, 0.05) is 29.9 Å². The summed E-state index contributed by atoms with van der Waals surface area (Å²) in [5.74, 6) is 1.26. The summed E-state index contributed by atoms with van der Waals surface area (Å²) in [6.45, 7) is 2.75. The van der Waals surface area contributed by atoms with E-state index in [0.717, 1.165) is 29.7 Å². The highest BCUT2D eigenvalue weighted by molar-refractivity contribution is 5.65. The predicted octanol–water partition coefficient (Wildman–Crippen LogP) is 5.05. The molecule has 0 aliphatic carbocycles. The molecule has 0 radical (unpaired) electrons. The molecule has 0 spiro atoms. The van der Waals surface area contributed by atoms with Crippen LogP contribution in [0.15, 0.2) is 42.5 Å². The second kappa shape index (κ2) is 8.05. The highest BCUT2D eigenvalue weighted by Gasteiger charge is 2.71. The summed E-state index contributed by atoms with van der Waals surface area (Å²) in [7, 11) is 0. The highest BCUT2D eigenvalue weighted by atomic mass is 19.4. The van der Waals surface area contributed by atoms with Crippen LogP contribution in [-0.2, 0) is 18.6 Å². The van der Waals surface area contributed by atoms with Crippen molar-refractivity contribution in [1.29, 1.82) is 0 Å². The van der Waals surface area contributed by atoms with Crippen molar-refractivity contribution in [2.45, 2.75) is 44.3 Å². The molecule has 0 unspecified atom stereocenters. The minimum absolute atomic E-state index is 0.296. The van der Waals surface area contributed by atoms with Gasteiger partial charge in [0.05, 0.1) is 0 Å². The number of nitrogens with one attached hydrogen (secondary N) is 1. The van der Waals surface area contributed by atoms with E-state index >= 15 is 0 Å². The van der Waals surface area contributed by atoms with Gasteiger partial charge in [-0.2, -0.15) is 31.4 Å². The number of aryl methyl sites for hydroxylation is 2. The molecule has 1 aliphatic rings. The number of fused-ring (bicyclic) bond motifs is 1. The van der Waals surface area contributed by atoms with Crippen molar-refractivity contribution >= 4 is 5.69 Å². The monoisotopic (exact) mass is 470 g/mol. The third-order valence-corrected chi connectivity index (χ3v) is 5.73. The van der Waals surface area contributed by atoms with Crippen LogP contribution in [0.5, 0.6) is 0 Å². The fourth-order valence-corrected chi connectivity index (χ4v) is 4.02. The van der Waals surface area contributed by atoms with E-state index in [9.17, 15) is 31.4 Å². The van der Waals surface area contributed by atoms with E-state index in [1.165, 1.54) is 12.1 Å². The summed E-state index contributed by atoms with van der Waals surface area (Å²) in [6.07, 6.45) is -10.1. The van der Waals surface area contributed by atoms with Crippen molar-refractivity contribution in [3.63, 3.8) is 0 Å². The Morgan fingerprint density at radius 1 is 1.00 bits per heavy atom. The Morgan fingerprint density at radius 2 is 1.67 bits per heavy atom. The minimum Gasteiger partial charge on any atom is -0.369 e. The lowest BCUT2D eigenvalue weighted by atomic mass is 9.91. The quantitative estimate of drug-likeness (QED) is 0.524. The molecule has 0 amide bonds. The third kappa shape index (κ3) is 4.17. The molecule has 2 heterocycles. The van der Waals surface area contributed by atoms with Crippen LogP contribution < -0.4 is 4.90 Å². The number of aliphatic hydroxyl groups is 1. The Morgan fingerprint density at radius 3 is 2.24 bits per heavy atom. The van der Waals surface area contributed by atoms with Gasteiger partial charge in [-0.05, 0) is 49.1 Å². The van der Waals surface area contributed by atoms with Gasteiger partial charge in [-0.15, -0.1) is 0 Å². The molecule has 2 aromatic carbocycles. The van der Waals surface area contributed by atoms with E-state index in [2.05, 4.69) is 15.2 Å². The lowest BCUT2D eigenvalue weighted by Gasteiger charge is -2.33. The Kier molecular flexibility index (Phi) is 5.63. The van der Waals surface area contributed by atoms with Crippen LogP contribution in [0.4, 0.5) is 32.0 Å². The molecule has 5 nitrogen and oxygen atoms in total. The number of alkyl halides is 6. The molecule has 4 rings (SSSR count). The molecule has 11 heteroatoms. The van der Waals surface area contributed by atoms with Crippen molar-refractivity contribution in [1.82, 2.24) is 15.2 Å². The first-order valence-corrected chi connectivity index (χ1v) is 10.1. The minimum atomic E-state index is -5.90. The molecular weight excluding hydrogens is 450 g/mol. The topological polar surface area (TPSA) is 65.0 Å². The molecule has 1 aromatic heterocycles. The average molecular weight is 470 g/mol. The third-order valence-electron chi connectivity index (χ3n) is 5.73. The number of hydrogen-bond donors (Lipinski definition) is 2. The van der Waals surface area contributed by atoms with E-state index < -0.39 is 23.5 Å². The molecule has 2 N–H and O–H groups in total. The maximum atomic E-state index is 13.1. The molecule has 0 saturated carbocycles. The van der Waals surface area contributed by atoms with E-state index in [4.69, 9.17) is 0 Å². The molecule has 0 fully saturated rings. The maximum Gasteiger partial charge on any atom is 0.430 e. The number of halogens is 6. The molecule has 176 valence electrons. The maximum absolute atomic E-state index is 13.1. The molecular formula is C22H20F6N4O. The fraction of sp³-hybridized carbons (Fsp3) is 0.364. The van der Waals surface area contributed by atoms with Crippen molar-refractivity contribution < 1.29 is 31.4 Å². The summed E-state index contributed by atoms with van der Waals surface area (Å²) in [5, 5.41) is 16.4. The van der Waals surface area contributed by atoms with Gasteiger partial charge in [0.25, 0.3) is 5.60 Å². The number of rotatable bonds is 4. The number of anilines is 1. The Balaban J connectivity index is 1.57. The largest absolute Gasteiger partial charge is 0.430 e. The van der Waals surface area contributed by atoms with Crippen molar-refractivity contribution in [3.05, 3.63) is 65.0 Å². The lowest BCUT2D eigenvalue weighted by Crippen LogP contribution is -2.53. The smallest absolute Gasteiger partial charge is 0.369 e. The zero-order valence-electron chi connectivity index (χ0n) is 17.4. The van der Waals surface area contributed by atoms with E-state index in [0.29, 0.717) is 42.4 Å². The van der Waals surface area contributed by atoms with Gasteiger partial charge >= 0.3 is 12.4 Å². The Hall–Kier alpha value is -3.08. The van der Waals surface area contributed by atoms with Gasteiger partial charge in [0.15, 0.2) is 5.82 Å². The molecule has 33 heavy (non-hydrogen) atoms. The zero-order chi connectivity index (χ0) is 24.0. The van der Waals surface area contributed by atoms with Crippen LogP contribution in [-0.4, -0.2) is 39.2 Å². The number of nitrogens with zero attached hydrogens (tertiary/aromatic N) is 3. The SMILES string of the molecule is Cc1n[nH]c(-c2ccc3c(c2)CCCN3Cc2ccc(C(O)(C(F)(F)F)C(F)(F)F)cc2)n1. The van der Waals surface area contributed by atoms with Crippen LogP contribution in [0.2, 0.25) is 0 Å². The summed E-state index contributed by atoms with van der Waals surface area (Å²) in [4.78, 5) is 6.34. The first-order valence-electron chi connectivity index (χ1n) is 10.1. The van der Waals surface area contributed by atoms with Crippen molar-refractivity contribution in [2.75, 3.05) is 11.4 Å². The molecule has 0 saturated heterocycles. The normalized spacial score (nSPS) is 15.0. The Bertz CT molecular complexity index is 1120. The van der Waals surface area contributed by atoms with Gasteiger partial charge in [-0.25, -0.2) is 4.98 Å². The molecule has 1 aliphatic heterocycles. The number of benzene rings is 2. The number of hydrogen-bond acceptors (Lipinski definition) is 4. The summed E-state index contributed by atoms with van der Waals surface area (Å²) in [6, 6.07) is 9.51. The van der Waals surface area contributed by atoms with E-state index in [1.807, 2.05) is 23.1 Å². The second-order valence-electron chi connectivity index (χ2n) is 8.00. The van der Waals surface area contributed by atoms with Gasteiger partial charge in [0.1, 0.15) is 5.82 Å². The van der Waals surface area contributed by atoms with Crippen LogP contribution in [0, 0.1) is 6.92 Å². The first kappa shape index (κ1) is 23.1. The van der Waals surface area contributed by atoms with Crippen LogP contribution in [0.25, 0.3) is 11.4 Å². The summed E-state index contributed by atoms with van der Waals surface area (Å²) in [5.41, 5.74) is -2.80. The van der Waals surface area contributed by atoms with Crippen LogP contribution in [0.1, 0.15) is 28.9 Å². The highest BCUT2D eigenvalue weighted by Crippen LogP contribution is 2.50. The van der Waals surface area contributed by atoms with Crippen molar-refractivity contribution in [3.8, 4) is 11.4 Å². The number of H-pyrrole nitrogens is 1. The van der Waals surface area contributed by atoms with E-state index in [-0.39, 0.29) is 0 Å². The summed E-state index contributed by atoms with van der Waals surface area (Å²) < 4.78 is 78.6. The van der Waals surface area contributed by atoms with Gasteiger partial charge < -0.3 is 10.0 Å². The Labute approximate surface area is 185 Å². The zero-order valence-corrected chi connectivity index (χ0v) is 17.4. The van der Waals surface area contributed by atoms with Crippen LogP contribution >= 0.6 is 0 Å². The summed E-state index contributed by atoms with van der Waals surface area (Å²) >= 11 is 0. The lowest BCUT2D eigenvalue weighted by molar-refractivity contribution is -0.376. The van der Waals surface area contributed by atoms with Gasteiger partial charge in [-0.3, -0.25) is 5.10 Å². The fourth-order valence-electron chi connectivity index (χ4n) is 4.02. The van der Waals surface area contributed by atoms with Crippen molar-refractivity contribution in [2.24, 2.45) is 0 Å². The molecule has 3 aromatic rings. The standard InChI is InChI=1S/C22H20F6N4O/c1-13-29-19(31-30-13)16-6-9-18-15(11-16)3-2-10-32(18)12-14-4-7-17(8-5-14)20(33,21(23,24)25)22(26,27)28/h4-9,11,33H,2-3,10,12H2,1H3,(H,29,30,31). The average Bonchev–Trinajstić information content (AvgIpc) is 3.18. The number of aromatic amines is 1. The molecule has 0 atom stereocenters. The van der Waals surface area contributed by atoms with Gasteiger partial charge in [0.2, 0.25) is 0 Å². The van der Waals surface area contributed by atoms with Crippen LogP contribution in [0.3, 0.4) is 0 Å². The number of aromatic nitrogens is 3. The van der Waals surface area contributed by atoms with Gasteiger partial charge in [-0.1, -0.05) is 24.3 Å². The predicted molar refractivity (Wildman–Crippen MR) is 108 cm³/mol. The second-order valence-corrected chi connectivity index (χ2v) is 8.00. The first-order chi connectivity index (χ1) is 15.4. The van der Waals surface area contributed by atoms with E-state index in [1.54, 1.807) is 6.92 Å².